The van der Waals surface area contributed by atoms with Crippen LogP contribution in [0.15, 0.2) is 35.5 Å². The van der Waals surface area contributed by atoms with Crippen LogP contribution in [0.3, 0.4) is 0 Å². The molecule has 1 saturated heterocycles. The van der Waals surface area contributed by atoms with E-state index < -0.39 is 27.4 Å². The van der Waals surface area contributed by atoms with Gasteiger partial charge in [-0.15, -0.1) is 0 Å². The molecule has 2 fully saturated rings. The van der Waals surface area contributed by atoms with Gasteiger partial charge in [0, 0.05) is 50.4 Å². The molecule has 7 nitrogen and oxygen atoms in total. The zero-order valence-electron chi connectivity index (χ0n) is 20.2. The fourth-order valence-electron chi connectivity index (χ4n) is 5.01. The predicted octanol–water partition coefficient (Wildman–Crippen LogP) is 4.19. The van der Waals surface area contributed by atoms with Crippen molar-refractivity contribution in [3.05, 3.63) is 42.0 Å². The molecule has 198 valence electrons. The number of halogens is 4. The Morgan fingerprint density at radius 2 is 1.75 bits per heavy atom. The SMILES string of the molecule is C[C@@H]1CN(c2ncc(C(F)(F)F)cn2)CCN1[C@H]1CC[C@H](COc2ccc(S(C)(=O)=O)cc2F)CC1. The molecule has 1 aromatic carbocycles. The Labute approximate surface area is 208 Å². The molecule has 0 radical (unpaired) electrons. The van der Waals surface area contributed by atoms with Crippen LogP contribution >= 0.6 is 0 Å². The van der Waals surface area contributed by atoms with E-state index in [1.807, 2.05) is 4.90 Å². The van der Waals surface area contributed by atoms with Crippen molar-refractivity contribution in [1.82, 2.24) is 14.9 Å². The molecule has 0 spiro atoms. The van der Waals surface area contributed by atoms with Crippen LogP contribution in [0.1, 0.15) is 38.2 Å². The predicted molar refractivity (Wildman–Crippen MR) is 126 cm³/mol. The van der Waals surface area contributed by atoms with Crippen LogP contribution in [0, 0.1) is 11.7 Å². The van der Waals surface area contributed by atoms with E-state index in [2.05, 4.69) is 21.8 Å². The van der Waals surface area contributed by atoms with Gasteiger partial charge in [-0.05, 0) is 56.7 Å². The van der Waals surface area contributed by atoms with Gasteiger partial charge in [-0.3, -0.25) is 4.90 Å². The van der Waals surface area contributed by atoms with E-state index in [-0.39, 0.29) is 22.6 Å². The summed E-state index contributed by atoms with van der Waals surface area (Å²) in [6, 6.07) is 4.29. The molecule has 12 heteroatoms. The maximum absolute atomic E-state index is 14.2. The summed E-state index contributed by atoms with van der Waals surface area (Å²) >= 11 is 0. The zero-order chi connectivity index (χ0) is 26.1. The van der Waals surface area contributed by atoms with Gasteiger partial charge in [-0.25, -0.2) is 22.8 Å². The van der Waals surface area contributed by atoms with Gasteiger partial charge in [0.1, 0.15) is 0 Å². The van der Waals surface area contributed by atoms with Gasteiger partial charge in [-0.2, -0.15) is 13.2 Å². The summed E-state index contributed by atoms with van der Waals surface area (Å²) in [6.07, 6.45) is 2.05. The van der Waals surface area contributed by atoms with Crippen molar-refractivity contribution in [2.75, 3.05) is 37.4 Å². The highest BCUT2D eigenvalue weighted by Gasteiger charge is 2.34. The summed E-state index contributed by atoms with van der Waals surface area (Å²) in [6.45, 7) is 4.53. The minimum atomic E-state index is -4.45. The lowest BCUT2D eigenvalue weighted by atomic mass is 9.85. The van der Waals surface area contributed by atoms with Crippen LogP contribution in [-0.2, 0) is 16.0 Å². The third-order valence-electron chi connectivity index (χ3n) is 7.02. The van der Waals surface area contributed by atoms with Gasteiger partial charge >= 0.3 is 6.18 Å². The van der Waals surface area contributed by atoms with E-state index in [9.17, 15) is 26.0 Å². The molecule has 0 N–H and O–H groups in total. The van der Waals surface area contributed by atoms with Crippen LogP contribution in [0.25, 0.3) is 0 Å². The molecule has 1 aliphatic heterocycles. The number of sulfone groups is 1. The molecule has 1 aromatic heterocycles. The normalized spacial score (nSPS) is 24.1. The Balaban J connectivity index is 1.25. The molecular weight excluding hydrogens is 500 g/mol. The van der Waals surface area contributed by atoms with Crippen molar-refractivity contribution >= 4 is 15.8 Å². The van der Waals surface area contributed by atoms with Crippen LogP contribution in [0.5, 0.6) is 5.75 Å². The van der Waals surface area contributed by atoms with Crippen molar-refractivity contribution in [3.8, 4) is 5.75 Å². The topological polar surface area (TPSA) is 75.6 Å². The Bertz CT molecular complexity index is 1150. The van der Waals surface area contributed by atoms with Crippen LogP contribution in [0.4, 0.5) is 23.5 Å². The van der Waals surface area contributed by atoms with Crippen molar-refractivity contribution in [2.24, 2.45) is 5.92 Å². The molecule has 4 rings (SSSR count). The molecule has 0 bridgehead atoms. The highest BCUT2D eigenvalue weighted by atomic mass is 32.2. The molecule has 2 aliphatic rings. The molecule has 36 heavy (non-hydrogen) atoms. The first-order valence-corrected chi connectivity index (χ1v) is 13.8. The Morgan fingerprint density at radius 1 is 1.08 bits per heavy atom. The quantitative estimate of drug-likeness (QED) is 0.519. The minimum absolute atomic E-state index is 0.0553. The van der Waals surface area contributed by atoms with Crippen molar-refractivity contribution in [3.63, 3.8) is 0 Å². The lowest BCUT2D eigenvalue weighted by Gasteiger charge is -2.46. The number of piperazine rings is 1. The average molecular weight is 531 g/mol. The standard InChI is InChI=1S/C24H30F4N4O3S/c1-16-14-31(23-29-12-18(13-30-23)24(26,27)28)9-10-32(16)19-5-3-17(4-6-19)15-35-22-8-7-20(11-21(22)25)36(2,33)34/h7-8,11-13,16-17,19H,3-6,9-10,14-15H2,1-2H3/t16-,17-,19-/m1/s1. The van der Waals surface area contributed by atoms with Crippen molar-refractivity contribution in [1.29, 1.82) is 0 Å². The molecular formula is C24H30F4N4O3S. The third-order valence-corrected chi connectivity index (χ3v) is 8.13. The number of ether oxygens (including phenoxy) is 1. The first-order chi connectivity index (χ1) is 16.9. The fraction of sp³-hybridized carbons (Fsp3) is 0.583. The van der Waals surface area contributed by atoms with E-state index in [4.69, 9.17) is 4.74 Å². The largest absolute Gasteiger partial charge is 0.490 e. The van der Waals surface area contributed by atoms with Gasteiger partial charge in [-0.1, -0.05) is 0 Å². The number of alkyl halides is 3. The van der Waals surface area contributed by atoms with Gasteiger partial charge in [0.05, 0.1) is 17.1 Å². The molecule has 0 unspecified atom stereocenters. The lowest BCUT2D eigenvalue weighted by molar-refractivity contribution is -0.138. The van der Waals surface area contributed by atoms with Crippen LogP contribution in [-0.4, -0.2) is 67.9 Å². The molecule has 1 atom stereocenters. The van der Waals surface area contributed by atoms with E-state index in [1.165, 1.54) is 12.1 Å². The molecule has 0 amide bonds. The highest BCUT2D eigenvalue weighted by molar-refractivity contribution is 7.90. The van der Waals surface area contributed by atoms with Gasteiger partial charge in [0.25, 0.3) is 0 Å². The number of nitrogens with zero attached hydrogens (tertiary/aromatic N) is 4. The summed E-state index contributed by atoms with van der Waals surface area (Å²) in [5.74, 6) is -0.0328. The van der Waals surface area contributed by atoms with Gasteiger partial charge < -0.3 is 9.64 Å². The minimum Gasteiger partial charge on any atom is -0.490 e. The number of anilines is 1. The Kier molecular flexibility index (Phi) is 7.75. The number of benzene rings is 1. The molecule has 1 aliphatic carbocycles. The second kappa shape index (κ2) is 10.5. The lowest BCUT2D eigenvalue weighted by Crippen LogP contribution is -2.56. The summed E-state index contributed by atoms with van der Waals surface area (Å²) in [5.41, 5.74) is -0.854. The monoisotopic (exact) mass is 530 g/mol. The number of aromatic nitrogens is 2. The second-order valence-electron chi connectivity index (χ2n) is 9.65. The van der Waals surface area contributed by atoms with Gasteiger partial charge in [0.2, 0.25) is 5.95 Å². The number of hydrogen-bond donors (Lipinski definition) is 0. The molecule has 2 aromatic rings. The van der Waals surface area contributed by atoms with Crippen LogP contribution < -0.4 is 9.64 Å². The van der Waals surface area contributed by atoms with E-state index in [1.54, 1.807) is 0 Å². The maximum atomic E-state index is 14.2. The highest BCUT2D eigenvalue weighted by Crippen LogP contribution is 2.32. The summed E-state index contributed by atoms with van der Waals surface area (Å²) in [4.78, 5) is 12.1. The number of hydrogen-bond acceptors (Lipinski definition) is 7. The van der Waals surface area contributed by atoms with E-state index in [0.717, 1.165) is 56.9 Å². The van der Waals surface area contributed by atoms with Crippen LogP contribution in [0.2, 0.25) is 0 Å². The maximum Gasteiger partial charge on any atom is 0.419 e. The third kappa shape index (κ3) is 6.26. The van der Waals surface area contributed by atoms with E-state index >= 15 is 0 Å². The number of rotatable bonds is 6. The summed E-state index contributed by atoms with van der Waals surface area (Å²) < 4.78 is 81.3. The van der Waals surface area contributed by atoms with E-state index in [0.29, 0.717) is 31.7 Å². The van der Waals surface area contributed by atoms with Crippen molar-refractivity contribution in [2.45, 2.75) is 55.8 Å². The molecule has 2 heterocycles. The summed E-state index contributed by atoms with van der Waals surface area (Å²) in [5, 5.41) is 0. The molecule has 1 saturated carbocycles. The first kappa shape index (κ1) is 26.6. The zero-order valence-corrected chi connectivity index (χ0v) is 21.0. The first-order valence-electron chi connectivity index (χ1n) is 11.9. The Morgan fingerprint density at radius 3 is 2.31 bits per heavy atom. The Hall–Kier alpha value is -2.47. The second-order valence-corrected chi connectivity index (χ2v) is 11.7. The summed E-state index contributed by atoms with van der Waals surface area (Å²) in [7, 11) is -3.48. The average Bonchev–Trinajstić information content (AvgIpc) is 2.82. The van der Waals surface area contributed by atoms with Gasteiger partial charge in [0.15, 0.2) is 21.4 Å². The van der Waals surface area contributed by atoms with Crippen molar-refractivity contribution < 1.29 is 30.7 Å². The fourth-order valence-corrected chi connectivity index (χ4v) is 5.64. The smallest absolute Gasteiger partial charge is 0.419 e.